The summed E-state index contributed by atoms with van der Waals surface area (Å²) in [6.07, 6.45) is 4.49. The number of nitrogens with one attached hydrogen (secondary N) is 1. The Hall–Kier alpha value is -1.94. The predicted molar refractivity (Wildman–Crippen MR) is 78.5 cm³/mol. The van der Waals surface area contributed by atoms with E-state index in [4.69, 9.17) is 11.6 Å². The summed E-state index contributed by atoms with van der Waals surface area (Å²) in [6.45, 7) is 4.10. The number of halogens is 1. The first-order valence-corrected chi connectivity index (χ1v) is 6.78. The quantitative estimate of drug-likeness (QED) is 0.940. The average molecular weight is 290 g/mol. The molecule has 1 unspecified atom stereocenters. The second-order valence-corrected chi connectivity index (χ2v) is 5.27. The van der Waals surface area contributed by atoms with Crippen LogP contribution in [0, 0.1) is 5.92 Å². The van der Waals surface area contributed by atoms with Crippen molar-refractivity contribution < 1.29 is 4.79 Å². The lowest BCUT2D eigenvalue weighted by molar-refractivity contribution is 0.0920. The van der Waals surface area contributed by atoms with Crippen molar-refractivity contribution in [1.29, 1.82) is 0 Å². The van der Waals surface area contributed by atoms with Crippen LogP contribution >= 0.6 is 11.6 Å². The third kappa shape index (κ3) is 3.54. The molecule has 0 aliphatic heterocycles. The molecule has 0 spiro atoms. The zero-order valence-corrected chi connectivity index (χ0v) is 12.1. The maximum atomic E-state index is 12.2. The van der Waals surface area contributed by atoms with E-state index in [1.165, 1.54) is 18.6 Å². The smallest absolute Gasteiger partial charge is 0.271 e. The number of benzene rings is 1. The van der Waals surface area contributed by atoms with Gasteiger partial charge in [-0.2, -0.15) is 0 Å². The third-order valence-corrected chi connectivity index (χ3v) is 3.23. The molecular weight excluding hydrogens is 274 g/mol. The van der Waals surface area contributed by atoms with Crippen molar-refractivity contribution in [2.24, 2.45) is 5.92 Å². The number of nitrogens with zero attached hydrogens (tertiary/aromatic N) is 2. The van der Waals surface area contributed by atoms with Gasteiger partial charge in [0, 0.05) is 17.4 Å². The molecule has 0 radical (unpaired) electrons. The molecule has 2 aromatic rings. The Morgan fingerprint density at radius 2 is 1.90 bits per heavy atom. The molecule has 0 bridgehead atoms. The van der Waals surface area contributed by atoms with Gasteiger partial charge in [-0.05, 0) is 23.6 Å². The molecule has 20 heavy (non-hydrogen) atoms. The van der Waals surface area contributed by atoms with E-state index in [0.29, 0.717) is 10.7 Å². The monoisotopic (exact) mass is 289 g/mol. The van der Waals surface area contributed by atoms with Gasteiger partial charge in [0.25, 0.3) is 5.91 Å². The van der Waals surface area contributed by atoms with Crippen molar-refractivity contribution in [3.05, 3.63) is 59.1 Å². The summed E-state index contributed by atoms with van der Waals surface area (Å²) >= 11 is 5.89. The highest BCUT2D eigenvalue weighted by molar-refractivity contribution is 6.30. The van der Waals surface area contributed by atoms with E-state index in [1.807, 2.05) is 24.3 Å². The fraction of sp³-hybridized carbons (Fsp3) is 0.267. The zero-order valence-electron chi connectivity index (χ0n) is 11.4. The number of carbonyl (C=O) groups is 1. The van der Waals surface area contributed by atoms with E-state index >= 15 is 0 Å². The first-order chi connectivity index (χ1) is 9.58. The van der Waals surface area contributed by atoms with Gasteiger partial charge in [-0.1, -0.05) is 37.6 Å². The summed E-state index contributed by atoms with van der Waals surface area (Å²) < 4.78 is 0. The van der Waals surface area contributed by atoms with Gasteiger partial charge < -0.3 is 5.32 Å². The normalized spacial score (nSPS) is 12.2. The molecule has 0 saturated heterocycles. The van der Waals surface area contributed by atoms with Gasteiger partial charge in [-0.25, -0.2) is 4.98 Å². The minimum Gasteiger partial charge on any atom is -0.344 e. The number of hydrogen-bond acceptors (Lipinski definition) is 3. The summed E-state index contributed by atoms with van der Waals surface area (Å²) in [5.41, 5.74) is 1.33. The number of hydrogen-bond donors (Lipinski definition) is 1. The summed E-state index contributed by atoms with van der Waals surface area (Å²) in [4.78, 5) is 20.1. The molecule has 1 aromatic carbocycles. The molecule has 0 fully saturated rings. The van der Waals surface area contributed by atoms with Crippen LogP contribution in [0.25, 0.3) is 0 Å². The molecule has 2 rings (SSSR count). The number of carbonyl (C=O) groups excluding carboxylic acids is 1. The highest BCUT2D eigenvalue weighted by Gasteiger charge is 2.19. The topological polar surface area (TPSA) is 54.9 Å². The molecule has 0 aliphatic rings. The third-order valence-electron chi connectivity index (χ3n) is 2.98. The Bertz CT molecular complexity index is 569. The van der Waals surface area contributed by atoms with Crippen molar-refractivity contribution in [1.82, 2.24) is 15.3 Å². The second kappa shape index (κ2) is 6.48. The van der Waals surface area contributed by atoms with Crippen LogP contribution in [0.5, 0.6) is 0 Å². The van der Waals surface area contributed by atoms with Crippen molar-refractivity contribution in [2.75, 3.05) is 0 Å². The lowest BCUT2D eigenvalue weighted by atomic mass is 9.96. The summed E-state index contributed by atoms with van der Waals surface area (Å²) in [5.74, 6) is 0.0172. The fourth-order valence-corrected chi connectivity index (χ4v) is 2.06. The van der Waals surface area contributed by atoms with Gasteiger partial charge in [0.1, 0.15) is 5.69 Å². The second-order valence-electron chi connectivity index (χ2n) is 4.84. The molecule has 0 saturated carbocycles. The van der Waals surface area contributed by atoms with Crippen molar-refractivity contribution in [2.45, 2.75) is 19.9 Å². The van der Waals surface area contributed by atoms with E-state index in [2.05, 4.69) is 29.1 Å². The Balaban J connectivity index is 2.18. The van der Waals surface area contributed by atoms with Crippen LogP contribution < -0.4 is 5.32 Å². The Labute approximate surface area is 123 Å². The standard InChI is InChI=1S/C15H16ClN3O/c1-10(2)14(11-3-5-12(16)6-4-11)19-15(20)13-9-17-7-8-18-13/h3-10,14H,1-2H3,(H,19,20). The van der Waals surface area contributed by atoms with Crippen molar-refractivity contribution in [3.63, 3.8) is 0 Å². The molecule has 4 nitrogen and oxygen atoms in total. The van der Waals surface area contributed by atoms with Crippen molar-refractivity contribution in [3.8, 4) is 0 Å². The van der Waals surface area contributed by atoms with Crippen LogP contribution in [0.3, 0.4) is 0 Å². The molecule has 5 heteroatoms. The SMILES string of the molecule is CC(C)C(NC(=O)c1cnccn1)c1ccc(Cl)cc1. The van der Waals surface area contributed by atoms with Gasteiger partial charge in [-0.3, -0.25) is 9.78 Å². The highest BCUT2D eigenvalue weighted by atomic mass is 35.5. The van der Waals surface area contributed by atoms with E-state index in [-0.39, 0.29) is 17.9 Å². The van der Waals surface area contributed by atoms with Crippen LogP contribution in [0.15, 0.2) is 42.9 Å². The first-order valence-electron chi connectivity index (χ1n) is 6.40. The maximum Gasteiger partial charge on any atom is 0.271 e. The molecule has 1 N–H and O–H groups in total. The Morgan fingerprint density at radius 3 is 2.45 bits per heavy atom. The van der Waals surface area contributed by atoms with Crippen LogP contribution in [-0.4, -0.2) is 15.9 Å². The first kappa shape index (κ1) is 14.5. The summed E-state index contributed by atoms with van der Waals surface area (Å²) in [6, 6.07) is 7.39. The lowest BCUT2D eigenvalue weighted by Crippen LogP contribution is -2.32. The van der Waals surface area contributed by atoms with Crippen LogP contribution in [0.2, 0.25) is 5.02 Å². The Morgan fingerprint density at radius 1 is 1.20 bits per heavy atom. The largest absolute Gasteiger partial charge is 0.344 e. The van der Waals surface area contributed by atoms with Gasteiger partial charge in [0.2, 0.25) is 0 Å². The summed E-state index contributed by atoms with van der Waals surface area (Å²) in [7, 11) is 0. The zero-order chi connectivity index (χ0) is 14.5. The molecule has 1 amide bonds. The highest BCUT2D eigenvalue weighted by Crippen LogP contribution is 2.23. The van der Waals surface area contributed by atoms with Gasteiger partial charge in [0.05, 0.1) is 12.2 Å². The molecule has 1 aromatic heterocycles. The molecule has 1 heterocycles. The van der Waals surface area contributed by atoms with E-state index in [0.717, 1.165) is 5.56 Å². The average Bonchev–Trinajstić information content (AvgIpc) is 2.46. The molecule has 104 valence electrons. The molecule has 1 atom stereocenters. The van der Waals surface area contributed by atoms with E-state index < -0.39 is 0 Å². The van der Waals surface area contributed by atoms with E-state index in [1.54, 1.807) is 0 Å². The number of amides is 1. The van der Waals surface area contributed by atoms with Crippen LogP contribution in [-0.2, 0) is 0 Å². The fourth-order valence-electron chi connectivity index (χ4n) is 1.94. The van der Waals surface area contributed by atoms with Gasteiger partial charge in [-0.15, -0.1) is 0 Å². The lowest BCUT2D eigenvalue weighted by Gasteiger charge is -2.22. The van der Waals surface area contributed by atoms with Gasteiger partial charge >= 0.3 is 0 Å². The van der Waals surface area contributed by atoms with Crippen LogP contribution in [0.4, 0.5) is 0 Å². The minimum atomic E-state index is -0.230. The van der Waals surface area contributed by atoms with Crippen LogP contribution in [0.1, 0.15) is 35.9 Å². The number of rotatable bonds is 4. The maximum absolute atomic E-state index is 12.2. The number of aromatic nitrogens is 2. The van der Waals surface area contributed by atoms with Crippen molar-refractivity contribution >= 4 is 17.5 Å². The van der Waals surface area contributed by atoms with Gasteiger partial charge in [0.15, 0.2) is 0 Å². The van der Waals surface area contributed by atoms with E-state index in [9.17, 15) is 4.79 Å². The predicted octanol–water partition coefficient (Wildman–Crippen LogP) is 3.26. The Kier molecular flexibility index (Phi) is 4.69. The minimum absolute atomic E-state index is 0.0956. The molecule has 0 aliphatic carbocycles. The molecular formula is C15H16ClN3O. The summed E-state index contributed by atoms with van der Waals surface area (Å²) in [5, 5.41) is 3.66.